The number of amides is 1. The highest BCUT2D eigenvalue weighted by Crippen LogP contribution is 2.26. The van der Waals surface area contributed by atoms with Crippen molar-refractivity contribution in [3.8, 4) is 0 Å². The third-order valence-electron chi connectivity index (χ3n) is 3.61. The van der Waals surface area contributed by atoms with Crippen LogP contribution >= 0.6 is 0 Å². The third kappa shape index (κ3) is 3.62. The van der Waals surface area contributed by atoms with Crippen LogP contribution in [0.15, 0.2) is 57.8 Å². The Morgan fingerprint density at radius 3 is 2.58 bits per heavy atom. The summed E-state index contributed by atoms with van der Waals surface area (Å²) in [4.78, 5) is 12.2. The number of sulfonamides is 1. The van der Waals surface area contributed by atoms with Crippen LogP contribution in [0, 0.1) is 6.92 Å². The van der Waals surface area contributed by atoms with E-state index in [1.165, 1.54) is 6.07 Å². The number of hydrogen-bond acceptors (Lipinski definition) is 4. The summed E-state index contributed by atoms with van der Waals surface area (Å²) in [5.74, 6) is -0.175. The van der Waals surface area contributed by atoms with Crippen LogP contribution in [0.4, 0.5) is 5.69 Å². The highest BCUT2D eigenvalue weighted by atomic mass is 32.2. The molecule has 0 bridgehead atoms. The fourth-order valence-corrected chi connectivity index (χ4v) is 3.51. The minimum Gasteiger partial charge on any atom is -0.352 e. The molecule has 1 heterocycles. The van der Waals surface area contributed by atoms with E-state index >= 15 is 0 Å². The number of carbonyl (C=O) groups is 1. The SMILES string of the molecule is Cc1ccc(CNC(=O)CC2=NS(=O)(=O)c3ccccc3N2)cc1. The highest BCUT2D eigenvalue weighted by Gasteiger charge is 2.25. The summed E-state index contributed by atoms with van der Waals surface area (Å²) in [6.07, 6.45) is -0.126. The molecule has 2 aromatic carbocycles. The predicted octanol–water partition coefficient (Wildman–Crippen LogP) is 2.21. The van der Waals surface area contributed by atoms with E-state index in [1.807, 2.05) is 31.2 Å². The van der Waals surface area contributed by atoms with Crippen molar-refractivity contribution < 1.29 is 13.2 Å². The van der Waals surface area contributed by atoms with E-state index in [4.69, 9.17) is 0 Å². The van der Waals surface area contributed by atoms with Crippen molar-refractivity contribution in [2.75, 3.05) is 5.32 Å². The molecule has 0 spiro atoms. The van der Waals surface area contributed by atoms with Crippen LogP contribution in [0.1, 0.15) is 17.5 Å². The topological polar surface area (TPSA) is 87.6 Å². The molecule has 0 aliphatic carbocycles. The number of benzene rings is 2. The quantitative estimate of drug-likeness (QED) is 0.891. The molecule has 2 N–H and O–H groups in total. The molecule has 24 heavy (non-hydrogen) atoms. The van der Waals surface area contributed by atoms with Crippen LogP contribution in [0.2, 0.25) is 0 Å². The molecule has 1 amide bonds. The van der Waals surface area contributed by atoms with Crippen LogP contribution in [0.3, 0.4) is 0 Å². The average Bonchev–Trinajstić information content (AvgIpc) is 2.54. The molecular formula is C17H17N3O3S. The first-order chi connectivity index (χ1) is 11.4. The summed E-state index contributed by atoms with van der Waals surface area (Å²) >= 11 is 0. The lowest BCUT2D eigenvalue weighted by atomic mass is 10.1. The maximum atomic E-state index is 12.1. The van der Waals surface area contributed by atoms with Gasteiger partial charge in [-0.2, -0.15) is 8.42 Å². The van der Waals surface area contributed by atoms with Crippen molar-refractivity contribution in [2.45, 2.75) is 24.8 Å². The lowest BCUT2D eigenvalue weighted by molar-refractivity contribution is -0.120. The maximum absolute atomic E-state index is 12.1. The first-order valence-electron chi connectivity index (χ1n) is 7.46. The Kier molecular flexibility index (Phi) is 4.35. The lowest BCUT2D eigenvalue weighted by Crippen LogP contribution is -2.30. The molecule has 7 heteroatoms. The Hall–Kier alpha value is -2.67. The Balaban J connectivity index is 1.65. The number of nitrogens with one attached hydrogen (secondary N) is 2. The van der Waals surface area contributed by atoms with Gasteiger partial charge >= 0.3 is 0 Å². The summed E-state index contributed by atoms with van der Waals surface area (Å²) in [6, 6.07) is 14.3. The van der Waals surface area contributed by atoms with E-state index < -0.39 is 10.0 Å². The van der Waals surface area contributed by atoms with E-state index in [9.17, 15) is 13.2 Å². The third-order valence-corrected chi connectivity index (χ3v) is 4.99. The van der Waals surface area contributed by atoms with Gasteiger partial charge in [-0.25, -0.2) is 0 Å². The molecule has 0 fully saturated rings. The van der Waals surface area contributed by atoms with Gasteiger partial charge in [-0.15, -0.1) is 4.40 Å². The summed E-state index contributed by atoms with van der Waals surface area (Å²) in [6.45, 7) is 2.38. The van der Waals surface area contributed by atoms with Gasteiger partial charge in [0.25, 0.3) is 10.0 Å². The Bertz CT molecular complexity index is 903. The van der Waals surface area contributed by atoms with E-state index in [2.05, 4.69) is 15.0 Å². The molecule has 1 aliphatic heterocycles. The fourth-order valence-electron chi connectivity index (χ4n) is 2.36. The van der Waals surface area contributed by atoms with Gasteiger partial charge in [0.05, 0.1) is 12.1 Å². The molecule has 1 aliphatic rings. The van der Waals surface area contributed by atoms with Gasteiger partial charge < -0.3 is 10.6 Å². The van der Waals surface area contributed by atoms with Crippen molar-refractivity contribution in [1.29, 1.82) is 0 Å². The zero-order valence-electron chi connectivity index (χ0n) is 13.1. The van der Waals surface area contributed by atoms with Gasteiger partial charge in [0, 0.05) is 6.54 Å². The molecule has 3 rings (SSSR count). The van der Waals surface area contributed by atoms with Gasteiger partial charge in [0.2, 0.25) is 5.91 Å². The number of carbonyl (C=O) groups excluding carboxylic acids is 1. The summed E-state index contributed by atoms with van der Waals surface area (Å²) in [7, 11) is -3.76. The molecule has 124 valence electrons. The van der Waals surface area contributed by atoms with Crippen molar-refractivity contribution >= 4 is 27.5 Å². The van der Waals surface area contributed by atoms with Gasteiger partial charge in [-0.1, -0.05) is 42.0 Å². The number of amidine groups is 1. The molecular weight excluding hydrogens is 326 g/mol. The number of nitrogens with zero attached hydrogens (tertiary/aromatic N) is 1. The summed E-state index contributed by atoms with van der Waals surface area (Å²) in [5, 5.41) is 5.66. The van der Waals surface area contributed by atoms with Gasteiger partial charge in [-0.05, 0) is 24.6 Å². The van der Waals surface area contributed by atoms with Gasteiger partial charge in [0.1, 0.15) is 10.7 Å². The number of rotatable bonds is 4. The monoisotopic (exact) mass is 343 g/mol. The van der Waals surface area contributed by atoms with E-state index in [0.29, 0.717) is 12.2 Å². The number of anilines is 1. The molecule has 0 saturated carbocycles. The van der Waals surface area contributed by atoms with Crippen molar-refractivity contribution in [3.05, 3.63) is 59.7 Å². The zero-order chi connectivity index (χ0) is 17.2. The number of aryl methyl sites for hydroxylation is 1. The normalized spacial score (nSPS) is 15.0. The minimum absolute atomic E-state index is 0.119. The van der Waals surface area contributed by atoms with E-state index in [0.717, 1.165) is 11.1 Å². The Morgan fingerprint density at radius 1 is 1.12 bits per heavy atom. The van der Waals surface area contributed by atoms with Gasteiger partial charge in [-0.3, -0.25) is 4.79 Å². The predicted molar refractivity (Wildman–Crippen MR) is 92.3 cm³/mol. The molecule has 0 unspecified atom stereocenters. The standard InChI is InChI=1S/C17H17N3O3S/c1-12-6-8-13(9-7-12)11-18-17(21)10-16-19-14-4-2-3-5-15(14)24(22,23)20-16/h2-9H,10-11H2,1H3,(H,18,21)(H,19,20). The molecule has 6 nitrogen and oxygen atoms in total. The average molecular weight is 343 g/mol. The van der Waals surface area contributed by atoms with Crippen LogP contribution < -0.4 is 10.6 Å². The largest absolute Gasteiger partial charge is 0.352 e. The zero-order valence-corrected chi connectivity index (χ0v) is 13.9. The number of para-hydroxylation sites is 1. The second kappa shape index (κ2) is 6.45. The van der Waals surface area contributed by atoms with Crippen molar-refractivity contribution in [3.63, 3.8) is 0 Å². The second-order valence-electron chi connectivity index (χ2n) is 5.57. The van der Waals surface area contributed by atoms with Gasteiger partial charge in [0.15, 0.2) is 0 Å². The summed E-state index contributed by atoms with van der Waals surface area (Å²) in [5.41, 5.74) is 2.56. The van der Waals surface area contributed by atoms with Crippen LogP contribution in [-0.2, 0) is 21.4 Å². The smallest absolute Gasteiger partial charge is 0.286 e. The van der Waals surface area contributed by atoms with Crippen LogP contribution in [0.5, 0.6) is 0 Å². The van der Waals surface area contributed by atoms with Crippen molar-refractivity contribution in [2.24, 2.45) is 4.40 Å². The van der Waals surface area contributed by atoms with Crippen molar-refractivity contribution in [1.82, 2.24) is 5.32 Å². The first-order valence-corrected chi connectivity index (χ1v) is 8.90. The fraction of sp³-hybridized carbons (Fsp3) is 0.176. The second-order valence-corrected chi connectivity index (χ2v) is 7.15. The highest BCUT2D eigenvalue weighted by molar-refractivity contribution is 7.90. The van der Waals surface area contributed by atoms with E-state index in [-0.39, 0.29) is 23.1 Å². The summed E-state index contributed by atoms with van der Waals surface area (Å²) < 4.78 is 27.9. The molecule has 2 aromatic rings. The molecule has 0 radical (unpaired) electrons. The Labute approximate surface area is 140 Å². The molecule has 0 atom stereocenters. The van der Waals surface area contributed by atoms with Crippen LogP contribution in [0.25, 0.3) is 0 Å². The van der Waals surface area contributed by atoms with E-state index in [1.54, 1.807) is 18.2 Å². The van der Waals surface area contributed by atoms with Crippen LogP contribution in [-0.4, -0.2) is 20.2 Å². The maximum Gasteiger partial charge on any atom is 0.286 e. The number of fused-ring (bicyclic) bond motifs is 1. The minimum atomic E-state index is -3.76. The molecule has 0 aromatic heterocycles. The number of hydrogen-bond donors (Lipinski definition) is 2. The Morgan fingerprint density at radius 2 is 1.83 bits per heavy atom. The molecule has 0 saturated heterocycles. The lowest BCUT2D eigenvalue weighted by Gasteiger charge is -2.17. The first kappa shape index (κ1) is 16.2.